The molecule has 0 fully saturated rings. The van der Waals surface area contributed by atoms with Gasteiger partial charge in [-0.1, -0.05) is 60.1 Å². The fourth-order valence-corrected chi connectivity index (χ4v) is 4.39. The molecule has 34 heavy (non-hydrogen) atoms. The Kier molecular flexibility index (Phi) is 7.68. The third-order valence-corrected chi connectivity index (χ3v) is 6.34. The Hall–Kier alpha value is -3.12. The van der Waals surface area contributed by atoms with Crippen molar-refractivity contribution in [3.05, 3.63) is 94.2 Å². The van der Waals surface area contributed by atoms with Gasteiger partial charge in [0.25, 0.3) is 5.91 Å². The van der Waals surface area contributed by atoms with E-state index in [4.69, 9.17) is 9.72 Å². The molecule has 1 aromatic heterocycles. The van der Waals surface area contributed by atoms with Gasteiger partial charge in [-0.25, -0.2) is 4.98 Å². The second kappa shape index (κ2) is 10.9. The summed E-state index contributed by atoms with van der Waals surface area (Å²) in [5.41, 5.74) is 3.90. The van der Waals surface area contributed by atoms with Crippen LogP contribution < -0.4 is 10.1 Å². The highest BCUT2D eigenvalue weighted by atomic mass is 79.9. The van der Waals surface area contributed by atoms with E-state index in [1.54, 1.807) is 6.07 Å². The number of benzene rings is 3. The lowest BCUT2D eigenvalue weighted by molar-refractivity contribution is 0.0937. The minimum atomic E-state index is -0.247. The molecule has 0 spiro atoms. The van der Waals surface area contributed by atoms with Gasteiger partial charge in [-0.3, -0.25) is 4.79 Å². The number of ether oxygens (including phenoxy) is 1. The standard InChI is InChI=1S/C28H30BrN3O2/c1-19(2)21-12-14-24(15-13-21)34-17-7-16-32-26-11-5-4-10-25(26)31-27(32)20(3)30-28(33)22-8-6-9-23(29)18-22/h4-6,8-15,18-20H,7,16-17H2,1-3H3,(H,30,33). The van der Waals surface area contributed by atoms with E-state index in [-0.39, 0.29) is 11.9 Å². The first-order chi connectivity index (χ1) is 16.4. The molecule has 1 atom stereocenters. The van der Waals surface area contributed by atoms with Crippen LogP contribution >= 0.6 is 15.9 Å². The SMILES string of the molecule is CC(C)c1ccc(OCCCn2c(C(C)NC(=O)c3cccc(Br)c3)nc3ccccc32)cc1. The van der Waals surface area contributed by atoms with Crippen LogP contribution in [0.1, 0.15) is 60.9 Å². The summed E-state index contributed by atoms with van der Waals surface area (Å²) in [6, 6.07) is 23.5. The van der Waals surface area contributed by atoms with E-state index >= 15 is 0 Å². The van der Waals surface area contributed by atoms with E-state index in [1.165, 1.54) is 5.56 Å². The third-order valence-electron chi connectivity index (χ3n) is 5.85. The summed E-state index contributed by atoms with van der Waals surface area (Å²) in [5, 5.41) is 3.10. The highest BCUT2D eigenvalue weighted by molar-refractivity contribution is 9.10. The van der Waals surface area contributed by atoms with Crippen LogP contribution in [0, 0.1) is 0 Å². The number of imidazole rings is 1. The maximum absolute atomic E-state index is 12.8. The van der Waals surface area contributed by atoms with Crippen molar-refractivity contribution in [3.8, 4) is 5.75 Å². The number of carbonyl (C=O) groups excluding carboxylic acids is 1. The average Bonchev–Trinajstić information content (AvgIpc) is 3.21. The molecule has 0 saturated carbocycles. The zero-order valence-corrected chi connectivity index (χ0v) is 21.4. The Morgan fingerprint density at radius 3 is 2.53 bits per heavy atom. The Labute approximate surface area is 209 Å². The van der Waals surface area contributed by atoms with Crippen molar-refractivity contribution in [2.45, 2.75) is 45.7 Å². The second-order valence-electron chi connectivity index (χ2n) is 8.74. The van der Waals surface area contributed by atoms with Gasteiger partial charge in [0.2, 0.25) is 0 Å². The van der Waals surface area contributed by atoms with Crippen LogP contribution in [0.2, 0.25) is 0 Å². The first kappa shape index (κ1) is 24.0. The summed E-state index contributed by atoms with van der Waals surface area (Å²) < 4.78 is 9.04. The molecule has 0 aliphatic rings. The Morgan fingerprint density at radius 2 is 1.79 bits per heavy atom. The lowest BCUT2D eigenvalue weighted by atomic mass is 10.0. The summed E-state index contributed by atoms with van der Waals surface area (Å²) >= 11 is 3.43. The number of hydrogen-bond acceptors (Lipinski definition) is 3. The molecule has 4 rings (SSSR count). The lowest BCUT2D eigenvalue weighted by Crippen LogP contribution is -2.28. The molecule has 1 N–H and O–H groups in total. The van der Waals surface area contributed by atoms with Crippen molar-refractivity contribution >= 4 is 32.9 Å². The van der Waals surface area contributed by atoms with E-state index in [0.717, 1.165) is 40.0 Å². The minimum Gasteiger partial charge on any atom is -0.494 e. The summed E-state index contributed by atoms with van der Waals surface area (Å²) in [5.74, 6) is 2.11. The molecule has 0 bridgehead atoms. The average molecular weight is 520 g/mol. The van der Waals surface area contributed by atoms with Gasteiger partial charge in [0, 0.05) is 16.6 Å². The molecule has 0 saturated heterocycles. The van der Waals surface area contributed by atoms with Crippen molar-refractivity contribution in [2.24, 2.45) is 0 Å². The number of halogens is 1. The molecule has 5 nitrogen and oxygen atoms in total. The van der Waals surface area contributed by atoms with Crippen molar-refractivity contribution < 1.29 is 9.53 Å². The zero-order chi connectivity index (χ0) is 24.1. The normalized spacial score (nSPS) is 12.1. The number of rotatable bonds is 9. The molecule has 1 amide bonds. The Bertz CT molecular complexity index is 1260. The van der Waals surface area contributed by atoms with Gasteiger partial charge in [0.05, 0.1) is 23.7 Å². The van der Waals surface area contributed by atoms with Crippen molar-refractivity contribution in [2.75, 3.05) is 6.61 Å². The highest BCUT2D eigenvalue weighted by Crippen LogP contribution is 2.23. The molecular weight excluding hydrogens is 490 g/mol. The first-order valence-corrected chi connectivity index (χ1v) is 12.5. The molecule has 6 heteroatoms. The molecular formula is C28H30BrN3O2. The number of nitrogens with zero attached hydrogens (tertiary/aromatic N) is 2. The lowest BCUT2D eigenvalue weighted by Gasteiger charge is -2.17. The smallest absolute Gasteiger partial charge is 0.251 e. The molecule has 0 radical (unpaired) electrons. The number of para-hydroxylation sites is 2. The maximum atomic E-state index is 12.8. The van der Waals surface area contributed by atoms with Gasteiger partial charge >= 0.3 is 0 Å². The van der Waals surface area contributed by atoms with Crippen LogP contribution in [0.5, 0.6) is 5.75 Å². The number of nitrogens with one attached hydrogen (secondary N) is 1. The highest BCUT2D eigenvalue weighted by Gasteiger charge is 2.19. The molecule has 176 valence electrons. The van der Waals surface area contributed by atoms with E-state index in [9.17, 15) is 4.79 Å². The fraction of sp³-hybridized carbons (Fsp3) is 0.286. The van der Waals surface area contributed by atoms with Gasteiger partial charge in [-0.2, -0.15) is 0 Å². The second-order valence-corrected chi connectivity index (χ2v) is 9.66. The van der Waals surface area contributed by atoms with Crippen LogP contribution in [0.3, 0.4) is 0 Å². The monoisotopic (exact) mass is 519 g/mol. The van der Waals surface area contributed by atoms with Crippen molar-refractivity contribution in [3.63, 3.8) is 0 Å². The predicted molar refractivity (Wildman–Crippen MR) is 140 cm³/mol. The van der Waals surface area contributed by atoms with Gasteiger partial charge in [0.15, 0.2) is 0 Å². The summed E-state index contributed by atoms with van der Waals surface area (Å²) in [7, 11) is 0. The minimum absolute atomic E-state index is 0.124. The van der Waals surface area contributed by atoms with Crippen LogP contribution in [0.4, 0.5) is 0 Å². The van der Waals surface area contributed by atoms with Crippen molar-refractivity contribution in [1.29, 1.82) is 0 Å². The van der Waals surface area contributed by atoms with Crippen LogP contribution in [0.15, 0.2) is 77.3 Å². The summed E-state index contributed by atoms with van der Waals surface area (Å²) in [4.78, 5) is 17.6. The van der Waals surface area contributed by atoms with Crippen LogP contribution in [-0.2, 0) is 6.54 Å². The topological polar surface area (TPSA) is 56.1 Å². The predicted octanol–water partition coefficient (Wildman–Crippen LogP) is 6.88. The van der Waals surface area contributed by atoms with Crippen LogP contribution in [0.25, 0.3) is 11.0 Å². The molecule has 1 heterocycles. The zero-order valence-electron chi connectivity index (χ0n) is 19.8. The largest absolute Gasteiger partial charge is 0.494 e. The van der Waals surface area contributed by atoms with E-state index in [0.29, 0.717) is 18.1 Å². The first-order valence-electron chi connectivity index (χ1n) is 11.7. The number of hydrogen-bond donors (Lipinski definition) is 1. The number of fused-ring (bicyclic) bond motifs is 1. The Balaban J connectivity index is 1.44. The summed E-state index contributed by atoms with van der Waals surface area (Å²) in [6.07, 6.45) is 0.825. The van der Waals surface area contributed by atoms with Gasteiger partial charge in [-0.15, -0.1) is 0 Å². The quantitative estimate of drug-likeness (QED) is 0.245. The third kappa shape index (κ3) is 5.68. The van der Waals surface area contributed by atoms with Gasteiger partial charge in [0.1, 0.15) is 11.6 Å². The number of carbonyl (C=O) groups is 1. The van der Waals surface area contributed by atoms with E-state index in [1.807, 2.05) is 55.5 Å². The van der Waals surface area contributed by atoms with Gasteiger partial charge in [-0.05, 0) is 67.3 Å². The van der Waals surface area contributed by atoms with E-state index in [2.05, 4.69) is 57.9 Å². The Morgan fingerprint density at radius 1 is 1.03 bits per heavy atom. The number of amides is 1. The molecule has 0 aliphatic heterocycles. The van der Waals surface area contributed by atoms with Gasteiger partial charge < -0.3 is 14.6 Å². The molecule has 0 aliphatic carbocycles. The molecule has 4 aromatic rings. The molecule has 1 unspecified atom stereocenters. The molecule has 3 aromatic carbocycles. The summed E-state index contributed by atoms with van der Waals surface area (Å²) in [6.45, 7) is 7.69. The number of aromatic nitrogens is 2. The van der Waals surface area contributed by atoms with E-state index < -0.39 is 0 Å². The van der Waals surface area contributed by atoms with Crippen molar-refractivity contribution in [1.82, 2.24) is 14.9 Å². The fourth-order valence-electron chi connectivity index (χ4n) is 4.00. The maximum Gasteiger partial charge on any atom is 0.251 e. The van der Waals surface area contributed by atoms with Crippen LogP contribution in [-0.4, -0.2) is 22.1 Å². The number of aryl methyl sites for hydroxylation is 1.